The lowest BCUT2D eigenvalue weighted by Crippen LogP contribution is -2.48. The van der Waals surface area contributed by atoms with Gasteiger partial charge in [-0.3, -0.25) is 4.79 Å². The Morgan fingerprint density at radius 1 is 1.56 bits per heavy atom. The van der Waals surface area contributed by atoms with Gasteiger partial charge < -0.3 is 10.1 Å². The second kappa shape index (κ2) is 4.57. The van der Waals surface area contributed by atoms with E-state index in [1.807, 2.05) is 13.8 Å². The zero-order valence-electron chi connectivity index (χ0n) is 9.49. The Morgan fingerprint density at radius 3 is 2.88 bits per heavy atom. The molecular weight excluding hydrogens is 206 g/mol. The molecule has 0 spiro atoms. The van der Waals surface area contributed by atoms with Crippen LogP contribution in [-0.4, -0.2) is 35.4 Å². The van der Waals surface area contributed by atoms with E-state index in [-0.39, 0.29) is 11.9 Å². The summed E-state index contributed by atoms with van der Waals surface area (Å²) in [6, 6.07) is 1.92. The molecule has 1 N–H and O–H groups in total. The lowest BCUT2D eigenvalue weighted by molar-refractivity contribution is -0.00349. The Bertz CT molecular complexity index is 402. The van der Waals surface area contributed by atoms with Crippen LogP contribution in [0.5, 0.6) is 0 Å². The van der Waals surface area contributed by atoms with Crippen LogP contribution in [0.25, 0.3) is 0 Å². The standard InChI is InChI=1S/C11H15N3O2/c1-3-10-9(4-7(2)13-14-10)11(15)12-8-5-16-6-8/h4,8H,3,5-6H2,1-2H3,(H,12,15). The highest BCUT2D eigenvalue weighted by molar-refractivity contribution is 5.95. The number of hydrogen-bond donors (Lipinski definition) is 1. The van der Waals surface area contributed by atoms with Crippen molar-refractivity contribution >= 4 is 5.91 Å². The van der Waals surface area contributed by atoms with Gasteiger partial charge in [-0.2, -0.15) is 10.2 Å². The molecule has 1 aromatic heterocycles. The minimum Gasteiger partial charge on any atom is -0.377 e. The maximum atomic E-state index is 11.9. The molecule has 2 rings (SSSR count). The van der Waals surface area contributed by atoms with Gasteiger partial charge >= 0.3 is 0 Å². The second-order valence-electron chi connectivity index (χ2n) is 3.91. The molecule has 5 heteroatoms. The van der Waals surface area contributed by atoms with Crippen LogP contribution in [0.2, 0.25) is 0 Å². The molecule has 5 nitrogen and oxygen atoms in total. The highest BCUT2D eigenvalue weighted by atomic mass is 16.5. The summed E-state index contributed by atoms with van der Waals surface area (Å²) in [5.74, 6) is -0.0804. The molecule has 1 fully saturated rings. The van der Waals surface area contributed by atoms with Crippen LogP contribution >= 0.6 is 0 Å². The predicted molar refractivity (Wildman–Crippen MR) is 58.2 cm³/mol. The summed E-state index contributed by atoms with van der Waals surface area (Å²) in [6.45, 7) is 4.99. The average Bonchev–Trinajstić information content (AvgIpc) is 2.23. The molecule has 1 saturated heterocycles. The summed E-state index contributed by atoms with van der Waals surface area (Å²) in [4.78, 5) is 11.9. The van der Waals surface area contributed by atoms with Gasteiger partial charge in [-0.25, -0.2) is 0 Å². The zero-order chi connectivity index (χ0) is 11.5. The van der Waals surface area contributed by atoms with Crippen LogP contribution < -0.4 is 5.32 Å². The maximum Gasteiger partial charge on any atom is 0.253 e. The van der Waals surface area contributed by atoms with Crippen molar-refractivity contribution in [3.8, 4) is 0 Å². The molecule has 0 radical (unpaired) electrons. The quantitative estimate of drug-likeness (QED) is 0.806. The van der Waals surface area contributed by atoms with E-state index in [0.29, 0.717) is 25.2 Å². The molecule has 2 heterocycles. The minimum absolute atomic E-state index is 0.0804. The Hall–Kier alpha value is -1.49. The first-order valence-electron chi connectivity index (χ1n) is 5.42. The lowest BCUT2D eigenvalue weighted by Gasteiger charge is -2.27. The van der Waals surface area contributed by atoms with Crippen molar-refractivity contribution < 1.29 is 9.53 Å². The van der Waals surface area contributed by atoms with Gasteiger partial charge in [0.2, 0.25) is 0 Å². The van der Waals surface area contributed by atoms with E-state index in [1.165, 1.54) is 0 Å². The van der Waals surface area contributed by atoms with Crippen molar-refractivity contribution in [1.29, 1.82) is 0 Å². The lowest BCUT2D eigenvalue weighted by atomic mass is 10.1. The van der Waals surface area contributed by atoms with E-state index >= 15 is 0 Å². The first kappa shape index (κ1) is 11.0. The molecule has 86 valence electrons. The number of ether oxygens (including phenoxy) is 1. The second-order valence-corrected chi connectivity index (χ2v) is 3.91. The highest BCUT2D eigenvalue weighted by Crippen LogP contribution is 2.09. The van der Waals surface area contributed by atoms with Crippen molar-refractivity contribution in [3.05, 3.63) is 23.0 Å². The number of nitrogens with one attached hydrogen (secondary N) is 1. The molecule has 16 heavy (non-hydrogen) atoms. The Balaban J connectivity index is 2.16. The molecule has 0 aliphatic carbocycles. The number of nitrogens with zero attached hydrogens (tertiary/aromatic N) is 2. The molecule has 0 aromatic carbocycles. The van der Waals surface area contributed by atoms with Gasteiger partial charge in [0.15, 0.2) is 0 Å². The fraction of sp³-hybridized carbons (Fsp3) is 0.545. The normalized spacial score (nSPS) is 15.6. The minimum atomic E-state index is -0.0804. The number of aryl methyl sites for hydroxylation is 2. The molecule has 1 aliphatic rings. The number of amides is 1. The van der Waals surface area contributed by atoms with E-state index in [9.17, 15) is 4.79 Å². The van der Waals surface area contributed by atoms with E-state index in [2.05, 4.69) is 15.5 Å². The molecule has 1 aromatic rings. The fourth-order valence-corrected chi connectivity index (χ4v) is 1.55. The highest BCUT2D eigenvalue weighted by Gasteiger charge is 2.22. The van der Waals surface area contributed by atoms with Gasteiger partial charge in [-0.05, 0) is 19.4 Å². The third kappa shape index (κ3) is 2.19. The van der Waals surface area contributed by atoms with Crippen LogP contribution in [0.4, 0.5) is 0 Å². The van der Waals surface area contributed by atoms with E-state index in [0.717, 1.165) is 11.4 Å². The largest absolute Gasteiger partial charge is 0.377 e. The van der Waals surface area contributed by atoms with Crippen LogP contribution in [-0.2, 0) is 11.2 Å². The first-order chi connectivity index (χ1) is 7.70. The van der Waals surface area contributed by atoms with Crippen molar-refractivity contribution in [2.75, 3.05) is 13.2 Å². The van der Waals surface area contributed by atoms with E-state index in [1.54, 1.807) is 6.07 Å². The van der Waals surface area contributed by atoms with Crippen molar-refractivity contribution in [2.24, 2.45) is 0 Å². The van der Waals surface area contributed by atoms with Crippen molar-refractivity contribution in [2.45, 2.75) is 26.3 Å². The molecule has 0 atom stereocenters. The first-order valence-corrected chi connectivity index (χ1v) is 5.42. The SMILES string of the molecule is CCc1nnc(C)cc1C(=O)NC1COC1. The van der Waals surface area contributed by atoms with Crippen molar-refractivity contribution in [1.82, 2.24) is 15.5 Å². The molecule has 0 unspecified atom stereocenters. The van der Waals surface area contributed by atoms with Gasteiger partial charge in [-0.15, -0.1) is 0 Å². The third-order valence-corrected chi connectivity index (χ3v) is 2.55. The molecule has 0 bridgehead atoms. The van der Waals surface area contributed by atoms with Gasteiger partial charge in [0.1, 0.15) is 0 Å². The number of aromatic nitrogens is 2. The van der Waals surface area contributed by atoms with Crippen LogP contribution in [0.1, 0.15) is 28.7 Å². The third-order valence-electron chi connectivity index (χ3n) is 2.55. The van der Waals surface area contributed by atoms with Crippen LogP contribution in [0.3, 0.4) is 0 Å². The van der Waals surface area contributed by atoms with E-state index < -0.39 is 0 Å². The Kier molecular flexibility index (Phi) is 3.14. The molecule has 0 saturated carbocycles. The Morgan fingerprint density at radius 2 is 2.31 bits per heavy atom. The zero-order valence-corrected chi connectivity index (χ0v) is 9.49. The fourth-order valence-electron chi connectivity index (χ4n) is 1.55. The Labute approximate surface area is 94.2 Å². The molecular formula is C11H15N3O2. The van der Waals surface area contributed by atoms with Gasteiger partial charge in [-0.1, -0.05) is 6.92 Å². The molecule has 1 aliphatic heterocycles. The number of rotatable bonds is 3. The average molecular weight is 221 g/mol. The molecule has 1 amide bonds. The number of carbonyl (C=O) groups is 1. The topological polar surface area (TPSA) is 64.1 Å². The van der Waals surface area contributed by atoms with Gasteiger partial charge in [0.05, 0.1) is 36.2 Å². The summed E-state index contributed by atoms with van der Waals surface area (Å²) in [5.41, 5.74) is 2.12. The predicted octanol–water partition coefficient (Wildman–Crippen LogP) is 0.476. The monoisotopic (exact) mass is 221 g/mol. The van der Waals surface area contributed by atoms with Crippen LogP contribution in [0.15, 0.2) is 6.07 Å². The van der Waals surface area contributed by atoms with Gasteiger partial charge in [0.25, 0.3) is 5.91 Å². The summed E-state index contributed by atoms with van der Waals surface area (Å²) in [7, 11) is 0. The number of carbonyl (C=O) groups excluding carboxylic acids is 1. The maximum absolute atomic E-state index is 11.9. The summed E-state index contributed by atoms with van der Waals surface area (Å²) in [5, 5.41) is 10.9. The van der Waals surface area contributed by atoms with E-state index in [4.69, 9.17) is 4.74 Å². The van der Waals surface area contributed by atoms with Crippen LogP contribution in [0, 0.1) is 6.92 Å². The summed E-state index contributed by atoms with van der Waals surface area (Å²) in [6.07, 6.45) is 0.706. The van der Waals surface area contributed by atoms with Crippen molar-refractivity contribution in [3.63, 3.8) is 0 Å². The smallest absolute Gasteiger partial charge is 0.253 e. The number of hydrogen-bond acceptors (Lipinski definition) is 4. The van der Waals surface area contributed by atoms with Gasteiger partial charge in [0, 0.05) is 0 Å². The summed E-state index contributed by atoms with van der Waals surface area (Å²) >= 11 is 0. The summed E-state index contributed by atoms with van der Waals surface area (Å²) < 4.78 is 5.01.